The molecule has 2 heterocycles. The lowest BCUT2D eigenvalue weighted by Crippen LogP contribution is -2.36. The fourth-order valence-electron chi connectivity index (χ4n) is 4.00. The third-order valence-corrected chi connectivity index (χ3v) is 6.17. The molecule has 16 nitrogen and oxygen atoms in total. The Bertz CT molecular complexity index is 1600. The molecule has 0 aliphatic carbocycles. The summed E-state index contributed by atoms with van der Waals surface area (Å²) in [6.45, 7) is 3.80. The molecule has 0 radical (unpaired) electrons. The van der Waals surface area contributed by atoms with E-state index in [-0.39, 0.29) is 49.1 Å². The Hall–Kier alpha value is -6.32. The minimum Gasteiger partial charge on any atom is -0.462 e. The third kappa shape index (κ3) is 8.19. The van der Waals surface area contributed by atoms with Crippen LogP contribution in [0.15, 0.2) is 61.2 Å². The number of aromatic nitrogens is 4. The average molecular weight is 631 g/mol. The van der Waals surface area contributed by atoms with E-state index in [4.69, 9.17) is 9.47 Å². The molecular formula is C30H30N8O8. The van der Waals surface area contributed by atoms with E-state index in [2.05, 4.69) is 41.2 Å². The Balaban J connectivity index is 1.26. The van der Waals surface area contributed by atoms with Crippen LogP contribution in [0.5, 0.6) is 0 Å². The lowest BCUT2D eigenvalue weighted by molar-refractivity contribution is 0.0517. The minimum absolute atomic E-state index is 0.0253. The summed E-state index contributed by atoms with van der Waals surface area (Å²) >= 11 is 0. The van der Waals surface area contributed by atoms with Crippen LogP contribution in [0.4, 0.5) is 11.4 Å². The van der Waals surface area contributed by atoms with Crippen LogP contribution in [0.2, 0.25) is 0 Å². The number of carbonyl (C=O) groups is 6. The van der Waals surface area contributed by atoms with E-state index in [0.717, 1.165) is 0 Å². The number of hydrogen-bond acceptors (Lipinski definition) is 10. The summed E-state index contributed by atoms with van der Waals surface area (Å²) in [7, 11) is 0. The topological polar surface area (TPSA) is 226 Å². The maximum atomic E-state index is 12.8. The lowest BCUT2D eigenvalue weighted by atomic mass is 10.2. The lowest BCUT2D eigenvalue weighted by Gasteiger charge is -2.09. The second-order valence-electron chi connectivity index (χ2n) is 9.27. The first-order chi connectivity index (χ1) is 22.2. The first kappa shape index (κ1) is 32.6. The molecule has 0 fully saturated rings. The van der Waals surface area contributed by atoms with Gasteiger partial charge in [0.25, 0.3) is 23.6 Å². The van der Waals surface area contributed by atoms with E-state index in [1.54, 1.807) is 13.8 Å². The van der Waals surface area contributed by atoms with Crippen molar-refractivity contribution in [1.29, 1.82) is 0 Å². The highest BCUT2D eigenvalue weighted by molar-refractivity contribution is 6.11. The maximum Gasteiger partial charge on any atom is 0.338 e. The van der Waals surface area contributed by atoms with Crippen molar-refractivity contribution in [3.8, 4) is 0 Å². The Kier molecular flexibility index (Phi) is 10.9. The number of imidazole rings is 2. The highest BCUT2D eigenvalue weighted by Gasteiger charge is 2.22. The minimum atomic E-state index is -0.663. The zero-order valence-electron chi connectivity index (χ0n) is 24.8. The molecule has 2 aromatic heterocycles. The molecule has 0 aliphatic heterocycles. The Morgan fingerprint density at radius 1 is 0.587 bits per heavy atom. The SMILES string of the molecule is CCOC(=O)c1ccc(NC(=O)c2nc[nH]c2C(=O)NCCNC(=O)c2[nH]cnc2C(=O)Nc2ccc(C(=O)OCC)cc2)cc1. The average Bonchev–Trinajstić information content (AvgIpc) is 3.75. The smallest absolute Gasteiger partial charge is 0.338 e. The second-order valence-corrected chi connectivity index (χ2v) is 9.27. The molecule has 238 valence electrons. The standard InChI is InChI=1S/C30H30N8O8/c1-3-45-29(43)17-5-9-19(10-6-17)37-27(41)23-21(33-15-35-23)25(39)31-13-14-32-26(40)22-24(36-16-34-22)28(42)38-20-11-7-18(8-12-20)30(44)46-4-2/h5-12,15-16H,3-4,13-14H2,1-2H3,(H,31,39)(H,32,40)(H,33,35)(H,34,36)(H,37,41)(H,38,42). The summed E-state index contributed by atoms with van der Waals surface area (Å²) in [6.07, 6.45) is 2.38. The van der Waals surface area contributed by atoms with Crippen molar-refractivity contribution in [2.24, 2.45) is 0 Å². The van der Waals surface area contributed by atoms with Gasteiger partial charge in [-0.05, 0) is 62.4 Å². The van der Waals surface area contributed by atoms with Gasteiger partial charge in [-0.15, -0.1) is 0 Å². The van der Waals surface area contributed by atoms with Crippen molar-refractivity contribution in [3.63, 3.8) is 0 Å². The van der Waals surface area contributed by atoms with Crippen LogP contribution >= 0.6 is 0 Å². The summed E-state index contributed by atoms with van der Waals surface area (Å²) in [6, 6.07) is 12.0. The number of benzene rings is 2. The predicted octanol–water partition coefficient (Wildman–Crippen LogP) is 2.15. The van der Waals surface area contributed by atoms with Crippen molar-refractivity contribution < 1.29 is 38.2 Å². The van der Waals surface area contributed by atoms with Gasteiger partial charge in [-0.25, -0.2) is 19.6 Å². The Labute approximate surface area is 261 Å². The van der Waals surface area contributed by atoms with Crippen LogP contribution in [-0.4, -0.2) is 81.8 Å². The normalized spacial score (nSPS) is 10.4. The molecule has 4 amide bonds. The summed E-state index contributed by atoms with van der Waals surface area (Å²) in [4.78, 5) is 87.7. The molecular weight excluding hydrogens is 600 g/mol. The number of nitrogens with zero attached hydrogens (tertiary/aromatic N) is 2. The van der Waals surface area contributed by atoms with Gasteiger partial charge >= 0.3 is 11.9 Å². The van der Waals surface area contributed by atoms with Gasteiger partial charge in [0.1, 0.15) is 11.4 Å². The number of ether oxygens (including phenoxy) is 2. The fraction of sp³-hybridized carbons (Fsp3) is 0.200. The molecule has 46 heavy (non-hydrogen) atoms. The molecule has 6 N–H and O–H groups in total. The first-order valence-corrected chi connectivity index (χ1v) is 14.0. The highest BCUT2D eigenvalue weighted by atomic mass is 16.5. The molecule has 0 atom stereocenters. The van der Waals surface area contributed by atoms with Crippen LogP contribution < -0.4 is 21.3 Å². The Morgan fingerprint density at radius 3 is 1.30 bits per heavy atom. The second kappa shape index (κ2) is 15.4. The third-order valence-electron chi connectivity index (χ3n) is 6.17. The van der Waals surface area contributed by atoms with E-state index >= 15 is 0 Å². The maximum absolute atomic E-state index is 12.8. The van der Waals surface area contributed by atoms with Gasteiger partial charge in [-0.2, -0.15) is 0 Å². The number of H-pyrrole nitrogens is 2. The Morgan fingerprint density at radius 2 is 0.957 bits per heavy atom. The van der Waals surface area contributed by atoms with E-state index in [0.29, 0.717) is 22.5 Å². The van der Waals surface area contributed by atoms with Crippen molar-refractivity contribution in [3.05, 3.63) is 95.1 Å². The molecule has 4 aromatic rings. The van der Waals surface area contributed by atoms with E-state index in [1.165, 1.54) is 61.2 Å². The van der Waals surface area contributed by atoms with Gasteiger partial charge in [0.05, 0.1) is 37.0 Å². The van der Waals surface area contributed by atoms with Crippen LogP contribution in [0.25, 0.3) is 0 Å². The largest absolute Gasteiger partial charge is 0.462 e. The molecule has 0 unspecified atom stereocenters. The van der Waals surface area contributed by atoms with Crippen molar-refractivity contribution in [1.82, 2.24) is 30.6 Å². The van der Waals surface area contributed by atoms with E-state index < -0.39 is 35.6 Å². The van der Waals surface area contributed by atoms with Crippen molar-refractivity contribution >= 4 is 46.9 Å². The van der Waals surface area contributed by atoms with Gasteiger partial charge in [0.15, 0.2) is 11.4 Å². The molecule has 0 aliphatic rings. The van der Waals surface area contributed by atoms with Crippen LogP contribution in [0, 0.1) is 0 Å². The van der Waals surface area contributed by atoms with Crippen LogP contribution in [0.3, 0.4) is 0 Å². The number of anilines is 2. The van der Waals surface area contributed by atoms with E-state index in [1.807, 2.05) is 0 Å². The molecule has 4 rings (SSSR count). The fourth-order valence-corrected chi connectivity index (χ4v) is 4.00. The first-order valence-electron chi connectivity index (χ1n) is 14.0. The highest BCUT2D eigenvalue weighted by Crippen LogP contribution is 2.15. The molecule has 2 aromatic carbocycles. The van der Waals surface area contributed by atoms with Crippen molar-refractivity contribution in [2.45, 2.75) is 13.8 Å². The molecule has 0 saturated carbocycles. The monoisotopic (exact) mass is 630 g/mol. The number of hydrogen-bond donors (Lipinski definition) is 6. The quantitative estimate of drug-likeness (QED) is 0.0932. The number of rotatable bonds is 13. The summed E-state index contributed by atoms with van der Waals surface area (Å²) in [5, 5.41) is 10.4. The number of nitrogens with one attached hydrogen (secondary N) is 6. The molecule has 0 saturated heterocycles. The number of carbonyl (C=O) groups excluding carboxylic acids is 6. The zero-order valence-corrected chi connectivity index (χ0v) is 24.8. The number of aromatic amines is 2. The zero-order chi connectivity index (χ0) is 33.1. The molecule has 0 spiro atoms. The van der Waals surface area contributed by atoms with E-state index in [9.17, 15) is 28.8 Å². The summed E-state index contributed by atoms with van der Waals surface area (Å²) < 4.78 is 9.86. The number of esters is 2. The summed E-state index contributed by atoms with van der Waals surface area (Å²) in [5.74, 6) is -3.61. The van der Waals surface area contributed by atoms with Gasteiger partial charge in [0, 0.05) is 24.5 Å². The van der Waals surface area contributed by atoms with Crippen LogP contribution in [-0.2, 0) is 9.47 Å². The molecule has 16 heteroatoms. The van der Waals surface area contributed by atoms with Crippen LogP contribution in [0.1, 0.15) is 76.5 Å². The van der Waals surface area contributed by atoms with Gasteiger partial charge in [-0.1, -0.05) is 0 Å². The summed E-state index contributed by atoms with van der Waals surface area (Å²) in [5.41, 5.74) is 0.836. The number of amides is 4. The van der Waals surface area contributed by atoms with Gasteiger partial charge in [-0.3, -0.25) is 19.2 Å². The molecule has 0 bridgehead atoms. The van der Waals surface area contributed by atoms with Gasteiger partial charge < -0.3 is 40.7 Å². The van der Waals surface area contributed by atoms with Gasteiger partial charge in [0.2, 0.25) is 0 Å². The van der Waals surface area contributed by atoms with Crippen molar-refractivity contribution in [2.75, 3.05) is 36.9 Å². The predicted molar refractivity (Wildman–Crippen MR) is 163 cm³/mol.